The van der Waals surface area contributed by atoms with Gasteiger partial charge in [-0.05, 0) is 31.7 Å². The van der Waals surface area contributed by atoms with Crippen LogP contribution in [0.15, 0.2) is 24.5 Å². The average molecular weight is 258 g/mol. The summed E-state index contributed by atoms with van der Waals surface area (Å²) in [7, 11) is 3.68. The molecular weight excluding hydrogens is 238 g/mol. The molecule has 0 aliphatic rings. The molecule has 1 amide bonds. The number of aromatic nitrogens is 1. The third-order valence-corrected chi connectivity index (χ3v) is 2.75. The highest BCUT2D eigenvalue weighted by molar-refractivity contribution is 5.85. The SMILES string of the molecule is CNCCC(=O)N(C)C(C)c1ccncc1.Cl. The summed E-state index contributed by atoms with van der Waals surface area (Å²) in [5.41, 5.74) is 1.11. The second kappa shape index (κ2) is 8.03. The van der Waals surface area contributed by atoms with Gasteiger partial charge in [-0.3, -0.25) is 9.78 Å². The van der Waals surface area contributed by atoms with E-state index in [0.717, 1.165) is 5.56 Å². The summed E-state index contributed by atoms with van der Waals surface area (Å²) in [6.45, 7) is 2.73. The van der Waals surface area contributed by atoms with E-state index in [0.29, 0.717) is 13.0 Å². The topological polar surface area (TPSA) is 45.2 Å². The second-order valence-electron chi connectivity index (χ2n) is 3.81. The van der Waals surface area contributed by atoms with Crippen LogP contribution in [0, 0.1) is 0 Å². The van der Waals surface area contributed by atoms with Crippen molar-refractivity contribution >= 4 is 18.3 Å². The summed E-state index contributed by atoms with van der Waals surface area (Å²) < 4.78 is 0. The van der Waals surface area contributed by atoms with Gasteiger partial charge in [0.05, 0.1) is 6.04 Å². The van der Waals surface area contributed by atoms with Crippen LogP contribution >= 0.6 is 12.4 Å². The van der Waals surface area contributed by atoms with E-state index >= 15 is 0 Å². The highest BCUT2D eigenvalue weighted by atomic mass is 35.5. The Hall–Kier alpha value is -1.13. The first-order chi connectivity index (χ1) is 7.66. The van der Waals surface area contributed by atoms with Gasteiger partial charge in [-0.2, -0.15) is 0 Å². The summed E-state index contributed by atoms with van der Waals surface area (Å²) in [5, 5.41) is 2.97. The van der Waals surface area contributed by atoms with Gasteiger partial charge in [0, 0.05) is 32.4 Å². The fourth-order valence-corrected chi connectivity index (χ4v) is 1.49. The second-order valence-corrected chi connectivity index (χ2v) is 3.81. The van der Waals surface area contributed by atoms with Crippen molar-refractivity contribution in [1.82, 2.24) is 15.2 Å². The molecule has 0 saturated heterocycles. The van der Waals surface area contributed by atoms with Gasteiger partial charge in [-0.1, -0.05) is 0 Å². The van der Waals surface area contributed by atoms with Crippen molar-refractivity contribution in [3.63, 3.8) is 0 Å². The molecule has 0 aliphatic carbocycles. The van der Waals surface area contributed by atoms with Crippen LogP contribution in [-0.2, 0) is 4.79 Å². The first-order valence-corrected chi connectivity index (χ1v) is 5.47. The van der Waals surface area contributed by atoms with Crippen LogP contribution in [0.2, 0.25) is 0 Å². The number of carbonyl (C=O) groups excluding carboxylic acids is 1. The van der Waals surface area contributed by atoms with Crippen molar-refractivity contribution in [1.29, 1.82) is 0 Å². The number of hydrogen-bond donors (Lipinski definition) is 1. The van der Waals surface area contributed by atoms with Gasteiger partial charge >= 0.3 is 0 Å². The Morgan fingerprint density at radius 1 is 1.47 bits per heavy atom. The van der Waals surface area contributed by atoms with Gasteiger partial charge in [-0.15, -0.1) is 12.4 Å². The van der Waals surface area contributed by atoms with Crippen molar-refractivity contribution < 1.29 is 4.79 Å². The van der Waals surface area contributed by atoms with Crippen LogP contribution in [0.4, 0.5) is 0 Å². The van der Waals surface area contributed by atoms with E-state index in [9.17, 15) is 4.79 Å². The smallest absolute Gasteiger partial charge is 0.224 e. The fraction of sp³-hybridized carbons (Fsp3) is 0.500. The van der Waals surface area contributed by atoms with E-state index in [1.165, 1.54) is 0 Å². The zero-order valence-corrected chi connectivity index (χ0v) is 11.3. The number of hydrogen-bond acceptors (Lipinski definition) is 3. The Morgan fingerprint density at radius 2 is 2.06 bits per heavy atom. The normalized spacial score (nSPS) is 11.5. The lowest BCUT2D eigenvalue weighted by Gasteiger charge is -2.25. The van der Waals surface area contributed by atoms with Gasteiger partial charge in [-0.25, -0.2) is 0 Å². The molecule has 4 nitrogen and oxygen atoms in total. The lowest BCUT2D eigenvalue weighted by atomic mass is 10.1. The van der Waals surface area contributed by atoms with Crippen molar-refractivity contribution in [2.45, 2.75) is 19.4 Å². The van der Waals surface area contributed by atoms with Crippen molar-refractivity contribution in [3.8, 4) is 0 Å². The minimum absolute atomic E-state index is 0. The molecule has 1 atom stereocenters. The zero-order chi connectivity index (χ0) is 12.0. The highest BCUT2D eigenvalue weighted by Crippen LogP contribution is 2.17. The van der Waals surface area contributed by atoms with Crippen molar-refractivity contribution in [3.05, 3.63) is 30.1 Å². The molecule has 0 aromatic carbocycles. The molecule has 0 spiro atoms. The molecule has 1 aromatic rings. The van der Waals surface area contributed by atoms with Gasteiger partial charge in [0.1, 0.15) is 0 Å². The van der Waals surface area contributed by atoms with E-state index < -0.39 is 0 Å². The lowest BCUT2D eigenvalue weighted by molar-refractivity contribution is -0.131. The Balaban J connectivity index is 0.00000256. The minimum Gasteiger partial charge on any atom is -0.339 e. The van der Waals surface area contributed by atoms with Crippen LogP contribution in [0.1, 0.15) is 24.9 Å². The van der Waals surface area contributed by atoms with Crippen LogP contribution < -0.4 is 5.32 Å². The van der Waals surface area contributed by atoms with E-state index in [1.54, 1.807) is 17.3 Å². The highest BCUT2D eigenvalue weighted by Gasteiger charge is 2.16. The predicted octanol–water partition coefficient (Wildman–Crippen LogP) is 1.63. The summed E-state index contributed by atoms with van der Waals surface area (Å²) in [6.07, 6.45) is 4.03. The number of amides is 1. The quantitative estimate of drug-likeness (QED) is 0.872. The maximum absolute atomic E-state index is 11.8. The molecule has 0 aliphatic heterocycles. The Labute approximate surface area is 109 Å². The fourth-order valence-electron chi connectivity index (χ4n) is 1.49. The monoisotopic (exact) mass is 257 g/mol. The first-order valence-electron chi connectivity index (χ1n) is 5.47. The minimum atomic E-state index is 0. The standard InChI is InChI=1S/C12H19N3O.ClH/c1-10(11-4-8-14-9-5-11)15(3)12(16)6-7-13-2;/h4-5,8-10,13H,6-7H2,1-3H3;1H. The molecule has 1 rings (SSSR count). The van der Waals surface area contributed by atoms with E-state index in [4.69, 9.17) is 0 Å². The molecule has 0 saturated carbocycles. The number of nitrogens with one attached hydrogen (secondary N) is 1. The Morgan fingerprint density at radius 3 is 2.59 bits per heavy atom. The number of nitrogens with zero attached hydrogens (tertiary/aromatic N) is 2. The summed E-state index contributed by atoms with van der Waals surface area (Å²) in [5.74, 6) is 0.152. The van der Waals surface area contributed by atoms with E-state index in [2.05, 4.69) is 10.3 Å². The number of rotatable bonds is 5. The van der Waals surface area contributed by atoms with Crippen LogP contribution in [0.5, 0.6) is 0 Å². The van der Waals surface area contributed by atoms with Gasteiger partial charge in [0.15, 0.2) is 0 Å². The third kappa shape index (κ3) is 4.71. The zero-order valence-electron chi connectivity index (χ0n) is 10.5. The third-order valence-electron chi connectivity index (χ3n) is 2.75. The summed E-state index contributed by atoms with van der Waals surface area (Å²) in [6, 6.07) is 3.96. The van der Waals surface area contributed by atoms with Gasteiger partial charge in [0.25, 0.3) is 0 Å². The molecule has 5 heteroatoms. The van der Waals surface area contributed by atoms with Gasteiger partial charge < -0.3 is 10.2 Å². The van der Waals surface area contributed by atoms with Crippen LogP contribution in [-0.4, -0.2) is 36.4 Å². The number of carbonyl (C=O) groups is 1. The van der Waals surface area contributed by atoms with Crippen LogP contribution in [0.3, 0.4) is 0 Å². The molecule has 0 bridgehead atoms. The molecular formula is C12H20ClN3O. The van der Waals surface area contributed by atoms with E-state index in [1.807, 2.05) is 33.2 Å². The van der Waals surface area contributed by atoms with Crippen molar-refractivity contribution in [2.24, 2.45) is 0 Å². The summed E-state index contributed by atoms with van der Waals surface area (Å²) in [4.78, 5) is 17.5. The largest absolute Gasteiger partial charge is 0.339 e. The maximum atomic E-state index is 11.8. The van der Waals surface area contributed by atoms with Crippen LogP contribution in [0.25, 0.3) is 0 Å². The maximum Gasteiger partial charge on any atom is 0.224 e. The van der Waals surface area contributed by atoms with Gasteiger partial charge in [0.2, 0.25) is 5.91 Å². The summed E-state index contributed by atoms with van der Waals surface area (Å²) >= 11 is 0. The molecule has 1 unspecified atom stereocenters. The number of pyridine rings is 1. The average Bonchev–Trinajstić information content (AvgIpc) is 2.35. The van der Waals surface area contributed by atoms with Crippen molar-refractivity contribution in [2.75, 3.05) is 20.6 Å². The molecule has 0 fully saturated rings. The molecule has 0 radical (unpaired) electrons. The lowest BCUT2D eigenvalue weighted by Crippen LogP contribution is -2.31. The molecule has 96 valence electrons. The molecule has 1 N–H and O–H groups in total. The van der Waals surface area contributed by atoms with E-state index in [-0.39, 0.29) is 24.4 Å². The number of halogens is 1. The predicted molar refractivity (Wildman–Crippen MR) is 71.2 cm³/mol. The molecule has 1 aromatic heterocycles. The molecule has 17 heavy (non-hydrogen) atoms. The first kappa shape index (κ1) is 15.9. The molecule has 1 heterocycles. The Kier molecular flexibility index (Phi) is 7.50. The Bertz CT molecular complexity index is 332.